The van der Waals surface area contributed by atoms with Crippen molar-refractivity contribution in [2.45, 2.75) is 13.8 Å². The number of amides is 1. The van der Waals surface area contributed by atoms with Gasteiger partial charge in [-0.05, 0) is 31.5 Å². The van der Waals surface area contributed by atoms with Gasteiger partial charge in [0.05, 0.1) is 11.4 Å². The molecule has 0 aliphatic heterocycles. The maximum absolute atomic E-state index is 11.9. The number of hydrogen-bond donors (Lipinski definition) is 2. The first-order chi connectivity index (χ1) is 9.47. The molecule has 0 unspecified atom stereocenters. The van der Waals surface area contributed by atoms with E-state index >= 15 is 0 Å². The summed E-state index contributed by atoms with van der Waals surface area (Å²) >= 11 is 6.96. The van der Waals surface area contributed by atoms with E-state index in [1.165, 1.54) is 0 Å². The van der Waals surface area contributed by atoms with Gasteiger partial charge in [-0.15, -0.1) is 0 Å². The number of nitrogens with zero attached hydrogens (tertiary/aromatic N) is 2. The molecule has 1 aromatic heterocycles. The number of carbonyl (C=O) groups is 1. The number of nitrogens with one attached hydrogen (secondary N) is 1. The molecule has 2 rings (SSSR count). The zero-order chi connectivity index (χ0) is 14.7. The molecule has 0 saturated carbocycles. The monoisotopic (exact) mass is 308 g/mol. The Hall–Kier alpha value is -1.92. The van der Waals surface area contributed by atoms with Crippen molar-refractivity contribution in [3.8, 4) is 0 Å². The molecule has 1 amide bonds. The van der Waals surface area contributed by atoms with Crippen LogP contribution in [0.3, 0.4) is 0 Å². The number of carbonyl (C=O) groups excluding carboxylic acids is 1. The first-order valence-corrected chi connectivity index (χ1v) is 7.00. The number of nitrogens with two attached hydrogens (primary N) is 1. The fourth-order valence-electron chi connectivity index (χ4n) is 1.57. The summed E-state index contributed by atoms with van der Waals surface area (Å²) in [4.78, 5) is 16.4. The van der Waals surface area contributed by atoms with Crippen LogP contribution in [0.2, 0.25) is 5.02 Å². The van der Waals surface area contributed by atoms with Crippen LogP contribution in [-0.4, -0.2) is 16.6 Å². The van der Waals surface area contributed by atoms with Crippen LogP contribution in [0.15, 0.2) is 29.4 Å². The Bertz CT molecular complexity index is 664. The van der Waals surface area contributed by atoms with Gasteiger partial charge in [-0.3, -0.25) is 4.79 Å². The lowest BCUT2D eigenvalue weighted by Crippen LogP contribution is -2.19. The van der Waals surface area contributed by atoms with Gasteiger partial charge in [0.15, 0.2) is 5.13 Å². The number of aromatic nitrogens is 1. The summed E-state index contributed by atoms with van der Waals surface area (Å²) < 4.78 is 0. The highest BCUT2D eigenvalue weighted by Crippen LogP contribution is 2.19. The molecule has 1 aromatic carbocycles. The fraction of sp³-hybridized carbons (Fsp3) is 0.154. The van der Waals surface area contributed by atoms with Crippen molar-refractivity contribution in [2.75, 3.05) is 5.73 Å². The van der Waals surface area contributed by atoms with Gasteiger partial charge in [0.2, 0.25) is 0 Å². The van der Waals surface area contributed by atoms with Crippen molar-refractivity contribution in [3.05, 3.63) is 45.4 Å². The first-order valence-electron chi connectivity index (χ1n) is 5.81. The molecular weight excluding hydrogens is 296 g/mol. The van der Waals surface area contributed by atoms with E-state index < -0.39 is 0 Å². The maximum atomic E-state index is 11.9. The van der Waals surface area contributed by atoms with Gasteiger partial charge in [0, 0.05) is 5.02 Å². The molecule has 5 nitrogen and oxygen atoms in total. The summed E-state index contributed by atoms with van der Waals surface area (Å²) in [6.07, 6.45) is 0. The quantitative estimate of drug-likeness (QED) is 0.676. The van der Waals surface area contributed by atoms with E-state index in [0.29, 0.717) is 26.4 Å². The molecular formula is C13H13ClN4OS. The van der Waals surface area contributed by atoms with Crippen molar-refractivity contribution in [2.24, 2.45) is 5.10 Å². The van der Waals surface area contributed by atoms with E-state index in [2.05, 4.69) is 15.5 Å². The Balaban J connectivity index is 2.10. The number of hydrazone groups is 1. The van der Waals surface area contributed by atoms with E-state index in [1.54, 1.807) is 26.0 Å². The number of hydrogen-bond acceptors (Lipinski definition) is 5. The Morgan fingerprint density at radius 1 is 1.40 bits per heavy atom. The minimum atomic E-state index is -0.315. The summed E-state index contributed by atoms with van der Waals surface area (Å²) in [6.45, 7) is 3.54. The summed E-state index contributed by atoms with van der Waals surface area (Å²) in [5.41, 5.74) is 10.2. The highest BCUT2D eigenvalue weighted by atomic mass is 35.5. The molecule has 0 fully saturated rings. The van der Waals surface area contributed by atoms with Gasteiger partial charge in [-0.1, -0.05) is 35.1 Å². The van der Waals surface area contributed by atoms with E-state index in [4.69, 9.17) is 17.3 Å². The van der Waals surface area contributed by atoms with Crippen LogP contribution in [0.25, 0.3) is 0 Å². The Morgan fingerprint density at radius 2 is 2.05 bits per heavy atom. The van der Waals surface area contributed by atoms with Crippen LogP contribution in [0.5, 0.6) is 0 Å². The Kier molecular flexibility index (Phi) is 4.36. The van der Waals surface area contributed by atoms with Crippen molar-refractivity contribution < 1.29 is 4.79 Å². The Morgan fingerprint density at radius 3 is 2.60 bits per heavy atom. The predicted molar refractivity (Wildman–Crippen MR) is 82.4 cm³/mol. The lowest BCUT2D eigenvalue weighted by atomic mass is 10.1. The largest absolute Gasteiger partial charge is 0.375 e. The highest BCUT2D eigenvalue weighted by Gasteiger charge is 2.13. The zero-order valence-electron chi connectivity index (χ0n) is 11.0. The summed E-state index contributed by atoms with van der Waals surface area (Å²) in [7, 11) is 0. The van der Waals surface area contributed by atoms with Gasteiger partial charge in [-0.25, -0.2) is 10.4 Å². The molecule has 2 aromatic rings. The van der Waals surface area contributed by atoms with Crippen LogP contribution in [0.1, 0.15) is 27.9 Å². The van der Waals surface area contributed by atoms with E-state index in [-0.39, 0.29) is 5.91 Å². The molecule has 0 aliphatic carbocycles. The summed E-state index contributed by atoms with van der Waals surface area (Å²) in [5, 5.41) is 5.08. The fourth-order valence-corrected chi connectivity index (χ4v) is 2.42. The zero-order valence-corrected chi connectivity index (χ0v) is 12.5. The SMILES string of the molecule is C/C(=N/NC(=O)c1sc(N)nc1C)c1ccc(Cl)cc1. The second-order valence-corrected chi connectivity index (χ2v) is 5.58. The molecule has 0 atom stereocenters. The van der Waals surface area contributed by atoms with Crippen molar-refractivity contribution in [1.29, 1.82) is 0 Å². The Labute approximate surface area is 125 Å². The molecule has 0 saturated heterocycles. The third-order valence-corrected chi connectivity index (χ3v) is 3.84. The second kappa shape index (κ2) is 6.02. The van der Waals surface area contributed by atoms with Crippen molar-refractivity contribution >= 4 is 39.7 Å². The van der Waals surface area contributed by atoms with E-state index in [1.807, 2.05) is 12.1 Å². The molecule has 3 N–H and O–H groups in total. The third kappa shape index (κ3) is 3.34. The number of nitrogen functional groups attached to an aromatic ring is 1. The summed E-state index contributed by atoms with van der Waals surface area (Å²) in [5.74, 6) is -0.315. The number of aryl methyl sites for hydroxylation is 1. The normalized spacial score (nSPS) is 11.4. The topological polar surface area (TPSA) is 80.4 Å². The second-order valence-electron chi connectivity index (χ2n) is 4.11. The smallest absolute Gasteiger partial charge is 0.283 e. The molecule has 0 aliphatic rings. The minimum Gasteiger partial charge on any atom is -0.375 e. The first kappa shape index (κ1) is 14.5. The van der Waals surface area contributed by atoms with Crippen LogP contribution in [-0.2, 0) is 0 Å². The van der Waals surface area contributed by atoms with Crippen molar-refractivity contribution in [1.82, 2.24) is 10.4 Å². The minimum absolute atomic E-state index is 0.315. The summed E-state index contributed by atoms with van der Waals surface area (Å²) in [6, 6.07) is 7.21. The van der Waals surface area contributed by atoms with Crippen LogP contribution in [0, 0.1) is 6.92 Å². The number of thiazole rings is 1. The average Bonchev–Trinajstić information content (AvgIpc) is 2.75. The number of halogens is 1. The standard InChI is InChI=1S/C13H13ClN4OS/c1-7(9-3-5-10(14)6-4-9)17-18-12(19)11-8(2)16-13(15)20-11/h3-6H,1-2H3,(H2,15,16)(H,18,19)/b17-7-. The average molecular weight is 309 g/mol. The van der Waals surface area contributed by atoms with Crippen LogP contribution < -0.4 is 11.2 Å². The number of rotatable bonds is 3. The molecule has 1 heterocycles. The molecule has 0 spiro atoms. The molecule has 0 bridgehead atoms. The number of benzene rings is 1. The highest BCUT2D eigenvalue weighted by molar-refractivity contribution is 7.17. The van der Waals surface area contributed by atoms with Gasteiger partial charge < -0.3 is 5.73 Å². The molecule has 104 valence electrons. The van der Waals surface area contributed by atoms with Crippen LogP contribution in [0.4, 0.5) is 5.13 Å². The van der Waals surface area contributed by atoms with Gasteiger partial charge >= 0.3 is 0 Å². The van der Waals surface area contributed by atoms with E-state index in [0.717, 1.165) is 16.9 Å². The number of anilines is 1. The van der Waals surface area contributed by atoms with Crippen molar-refractivity contribution in [3.63, 3.8) is 0 Å². The van der Waals surface area contributed by atoms with Gasteiger partial charge in [0.1, 0.15) is 4.88 Å². The van der Waals surface area contributed by atoms with E-state index in [9.17, 15) is 4.79 Å². The lowest BCUT2D eigenvalue weighted by Gasteiger charge is -2.02. The van der Waals surface area contributed by atoms with Gasteiger partial charge in [-0.2, -0.15) is 5.10 Å². The molecule has 7 heteroatoms. The molecule has 0 radical (unpaired) electrons. The third-order valence-electron chi connectivity index (χ3n) is 2.61. The molecule has 20 heavy (non-hydrogen) atoms. The van der Waals surface area contributed by atoms with Gasteiger partial charge in [0.25, 0.3) is 5.91 Å². The maximum Gasteiger partial charge on any atom is 0.283 e. The lowest BCUT2D eigenvalue weighted by molar-refractivity contribution is 0.0958. The predicted octanol–water partition coefficient (Wildman–Crippen LogP) is 2.84. The van der Waals surface area contributed by atoms with Crippen LogP contribution >= 0.6 is 22.9 Å².